The quantitative estimate of drug-likeness (QED) is 0.378. The van der Waals surface area contributed by atoms with E-state index in [0.29, 0.717) is 12.0 Å². The number of rotatable bonds is 9. The second-order valence-corrected chi connectivity index (χ2v) is 8.13. The summed E-state index contributed by atoms with van der Waals surface area (Å²) < 4.78 is 5.62. The van der Waals surface area contributed by atoms with Crippen molar-refractivity contribution in [3.8, 4) is 0 Å². The number of guanidine groups is 1. The number of nitrogens with one attached hydrogen (secondary N) is 2. The molecule has 2 saturated carbocycles. The number of hydrogen-bond acceptors (Lipinski definition) is 3. The average molecular weight is 353 g/mol. The first-order chi connectivity index (χ1) is 12.0. The Bertz CT molecular complexity index is 451. The van der Waals surface area contributed by atoms with Crippen molar-refractivity contribution in [2.24, 2.45) is 22.7 Å². The third-order valence-corrected chi connectivity index (χ3v) is 5.14. The molecule has 1 amide bonds. The van der Waals surface area contributed by atoms with Crippen molar-refractivity contribution in [1.82, 2.24) is 15.5 Å². The standard InChI is InChI=1S/C19H36N4O2/c1-14(2)13-25-9-5-8-20-19(21-12-18(24)23(3)4)22-17-11-15-6-7-16(17)10-15/h14-17H,5-13H2,1-4H3,(H2,20,21,22). The van der Waals surface area contributed by atoms with Crippen molar-refractivity contribution < 1.29 is 9.53 Å². The number of carbonyl (C=O) groups excluding carboxylic acids is 1. The average Bonchev–Trinajstić information content (AvgIpc) is 3.17. The molecule has 0 aromatic carbocycles. The summed E-state index contributed by atoms with van der Waals surface area (Å²) >= 11 is 0. The maximum atomic E-state index is 11.8. The molecule has 3 atom stereocenters. The van der Waals surface area contributed by atoms with Crippen molar-refractivity contribution in [3.05, 3.63) is 0 Å². The Kier molecular flexibility index (Phi) is 8.00. The molecule has 2 aliphatic carbocycles. The molecule has 0 aliphatic heterocycles. The van der Waals surface area contributed by atoms with E-state index >= 15 is 0 Å². The molecular weight excluding hydrogens is 316 g/mol. The zero-order valence-electron chi connectivity index (χ0n) is 16.4. The monoisotopic (exact) mass is 352 g/mol. The number of hydrogen-bond donors (Lipinski definition) is 2. The fourth-order valence-corrected chi connectivity index (χ4v) is 3.74. The van der Waals surface area contributed by atoms with Gasteiger partial charge < -0.3 is 20.3 Å². The topological polar surface area (TPSA) is 66.0 Å². The third-order valence-electron chi connectivity index (χ3n) is 5.14. The highest BCUT2D eigenvalue weighted by molar-refractivity contribution is 5.85. The van der Waals surface area contributed by atoms with Crippen molar-refractivity contribution in [1.29, 1.82) is 0 Å². The van der Waals surface area contributed by atoms with Gasteiger partial charge in [0.15, 0.2) is 5.96 Å². The van der Waals surface area contributed by atoms with E-state index in [0.717, 1.165) is 44.0 Å². The Morgan fingerprint density at radius 1 is 1.28 bits per heavy atom. The van der Waals surface area contributed by atoms with Crippen molar-refractivity contribution >= 4 is 11.9 Å². The van der Waals surface area contributed by atoms with Crippen LogP contribution in [-0.4, -0.2) is 63.2 Å². The number of amides is 1. The van der Waals surface area contributed by atoms with E-state index in [1.807, 2.05) is 0 Å². The molecule has 2 aliphatic rings. The first kappa shape index (κ1) is 20.0. The molecule has 2 rings (SSSR count). The molecule has 6 heteroatoms. The lowest BCUT2D eigenvalue weighted by molar-refractivity contribution is -0.127. The number of nitrogens with zero attached hydrogens (tertiary/aromatic N) is 2. The summed E-state index contributed by atoms with van der Waals surface area (Å²) in [7, 11) is 3.53. The maximum absolute atomic E-state index is 11.8. The molecule has 144 valence electrons. The Labute approximate surface area is 152 Å². The van der Waals surface area contributed by atoms with Crippen molar-refractivity contribution in [2.75, 3.05) is 40.4 Å². The molecular formula is C19H36N4O2. The zero-order chi connectivity index (χ0) is 18.2. The number of carbonyl (C=O) groups is 1. The van der Waals surface area contributed by atoms with Crippen molar-refractivity contribution in [2.45, 2.75) is 52.0 Å². The summed E-state index contributed by atoms with van der Waals surface area (Å²) in [5, 5.41) is 6.95. The van der Waals surface area contributed by atoms with Crippen LogP contribution in [0.2, 0.25) is 0 Å². The van der Waals surface area contributed by atoms with Crippen molar-refractivity contribution in [3.63, 3.8) is 0 Å². The van der Waals surface area contributed by atoms with Gasteiger partial charge in [-0.2, -0.15) is 0 Å². The van der Waals surface area contributed by atoms with Crippen LogP contribution in [0.3, 0.4) is 0 Å². The lowest BCUT2D eigenvalue weighted by atomic mass is 9.95. The van der Waals surface area contributed by atoms with Gasteiger partial charge in [-0.15, -0.1) is 0 Å². The largest absolute Gasteiger partial charge is 0.381 e. The van der Waals surface area contributed by atoms with E-state index in [1.54, 1.807) is 19.0 Å². The summed E-state index contributed by atoms with van der Waals surface area (Å²) in [5.41, 5.74) is 0. The summed E-state index contributed by atoms with van der Waals surface area (Å²) in [6.07, 6.45) is 6.24. The molecule has 2 bridgehead atoms. The molecule has 3 unspecified atom stereocenters. The smallest absolute Gasteiger partial charge is 0.243 e. The molecule has 0 saturated heterocycles. The molecule has 0 radical (unpaired) electrons. The predicted octanol–water partition coefficient (Wildman–Crippen LogP) is 1.86. The highest BCUT2D eigenvalue weighted by Gasteiger charge is 2.39. The van der Waals surface area contributed by atoms with Crippen LogP contribution in [-0.2, 0) is 9.53 Å². The number of fused-ring (bicyclic) bond motifs is 2. The Hall–Kier alpha value is -1.30. The highest BCUT2D eigenvalue weighted by atomic mass is 16.5. The van der Waals surface area contributed by atoms with Crippen LogP contribution in [0.5, 0.6) is 0 Å². The molecule has 6 nitrogen and oxygen atoms in total. The Morgan fingerprint density at radius 3 is 2.68 bits per heavy atom. The zero-order valence-corrected chi connectivity index (χ0v) is 16.4. The second-order valence-electron chi connectivity index (χ2n) is 8.13. The van der Waals surface area contributed by atoms with Gasteiger partial charge in [0.25, 0.3) is 0 Å². The minimum atomic E-state index is 0.0225. The number of ether oxygens (including phenoxy) is 1. The highest BCUT2D eigenvalue weighted by Crippen LogP contribution is 2.44. The Balaban J connectivity index is 1.77. The summed E-state index contributed by atoms with van der Waals surface area (Å²) in [5.74, 6) is 3.03. The van der Waals surface area contributed by atoms with E-state index in [1.165, 1.54) is 25.7 Å². The normalized spacial score (nSPS) is 25.5. The van der Waals surface area contributed by atoms with Gasteiger partial charge in [0, 0.05) is 39.9 Å². The van der Waals surface area contributed by atoms with Gasteiger partial charge >= 0.3 is 0 Å². The lowest BCUT2D eigenvalue weighted by Gasteiger charge is -2.25. The predicted molar refractivity (Wildman–Crippen MR) is 102 cm³/mol. The van der Waals surface area contributed by atoms with E-state index in [2.05, 4.69) is 29.5 Å². The molecule has 0 aromatic heterocycles. The Morgan fingerprint density at radius 2 is 2.08 bits per heavy atom. The van der Waals surface area contributed by atoms with E-state index in [4.69, 9.17) is 4.74 Å². The van der Waals surface area contributed by atoms with Gasteiger partial charge in [-0.1, -0.05) is 20.3 Å². The van der Waals surface area contributed by atoms with Crippen LogP contribution in [0.1, 0.15) is 46.0 Å². The number of likely N-dealkylation sites (N-methyl/N-ethyl adjacent to an activating group) is 1. The second kappa shape index (κ2) is 10.00. The van der Waals surface area contributed by atoms with Crippen LogP contribution in [0.4, 0.5) is 0 Å². The molecule has 2 fully saturated rings. The molecule has 25 heavy (non-hydrogen) atoms. The minimum Gasteiger partial charge on any atom is -0.381 e. The maximum Gasteiger partial charge on any atom is 0.243 e. The lowest BCUT2D eigenvalue weighted by Crippen LogP contribution is -2.46. The first-order valence-corrected chi connectivity index (χ1v) is 9.78. The molecule has 2 N–H and O–H groups in total. The summed E-state index contributed by atoms with van der Waals surface area (Å²) in [4.78, 5) is 17.9. The molecule has 0 aromatic rings. The van der Waals surface area contributed by atoms with Crippen LogP contribution in [0.15, 0.2) is 4.99 Å². The first-order valence-electron chi connectivity index (χ1n) is 9.78. The van der Waals surface area contributed by atoms with Gasteiger partial charge in [0.2, 0.25) is 5.91 Å². The minimum absolute atomic E-state index is 0.0225. The van der Waals surface area contributed by atoms with Crippen LogP contribution >= 0.6 is 0 Å². The van der Waals surface area contributed by atoms with E-state index in [-0.39, 0.29) is 12.5 Å². The summed E-state index contributed by atoms with van der Waals surface area (Å²) in [6.45, 7) is 6.87. The van der Waals surface area contributed by atoms with Gasteiger partial charge in [0.1, 0.15) is 6.54 Å². The van der Waals surface area contributed by atoms with Crippen LogP contribution in [0.25, 0.3) is 0 Å². The molecule has 0 heterocycles. The van der Waals surface area contributed by atoms with Crippen LogP contribution < -0.4 is 10.6 Å². The van der Waals surface area contributed by atoms with Gasteiger partial charge in [-0.25, -0.2) is 4.99 Å². The van der Waals surface area contributed by atoms with Gasteiger partial charge in [-0.3, -0.25) is 4.79 Å². The third kappa shape index (κ3) is 6.84. The fraction of sp³-hybridized carbons (Fsp3) is 0.895. The fourth-order valence-electron chi connectivity index (χ4n) is 3.74. The molecule has 0 spiro atoms. The van der Waals surface area contributed by atoms with Gasteiger partial charge in [-0.05, 0) is 43.4 Å². The summed E-state index contributed by atoms with van der Waals surface area (Å²) in [6, 6.07) is 0.511. The van der Waals surface area contributed by atoms with E-state index in [9.17, 15) is 4.79 Å². The SMILES string of the molecule is CC(C)COCCCNC(=NCC(=O)N(C)C)NC1CC2CCC1C2. The number of aliphatic imine (C=N–C) groups is 1. The van der Waals surface area contributed by atoms with Crippen LogP contribution in [0, 0.1) is 17.8 Å². The van der Waals surface area contributed by atoms with E-state index < -0.39 is 0 Å². The van der Waals surface area contributed by atoms with Gasteiger partial charge in [0.05, 0.1) is 0 Å².